The molecule has 0 N–H and O–H groups in total. The molecular formula is C11H11ClN2O7. The number of rotatable bonds is 2. The molecule has 0 amide bonds. The van der Waals surface area contributed by atoms with E-state index < -0.39 is 15.2 Å². The summed E-state index contributed by atoms with van der Waals surface area (Å²) in [5.41, 5.74) is 1.88. The average molecular weight is 319 g/mol. The van der Waals surface area contributed by atoms with E-state index >= 15 is 0 Å². The van der Waals surface area contributed by atoms with E-state index in [0.717, 1.165) is 16.5 Å². The molecular weight excluding hydrogens is 308 g/mol. The number of non-ortho nitro benzene ring substituents is 1. The lowest BCUT2D eigenvalue weighted by molar-refractivity contribution is -2.00. The normalized spacial score (nSPS) is 10.8. The molecule has 114 valence electrons. The van der Waals surface area contributed by atoms with Gasteiger partial charge >= 0.3 is 0 Å². The smallest absolute Gasteiger partial charge is 0.270 e. The molecule has 0 bridgehead atoms. The summed E-state index contributed by atoms with van der Waals surface area (Å²) in [7, 11) is -3.39. The number of aryl methyl sites for hydroxylation is 1. The Labute approximate surface area is 121 Å². The van der Waals surface area contributed by atoms with E-state index in [4.69, 9.17) is 23.5 Å². The Morgan fingerprint density at radius 3 is 2.24 bits per heavy atom. The predicted octanol–water partition coefficient (Wildman–Crippen LogP) is -3.35. The van der Waals surface area contributed by atoms with Crippen LogP contribution in [-0.2, 0) is 0 Å². The highest BCUT2D eigenvalue weighted by Crippen LogP contribution is 2.20. The van der Waals surface area contributed by atoms with E-state index in [1.807, 2.05) is 13.0 Å². The number of nitrogens with zero attached hydrogens (tertiary/aromatic N) is 2. The van der Waals surface area contributed by atoms with Crippen LogP contribution in [0.5, 0.6) is 0 Å². The number of hydrogen-bond donors (Lipinski definition) is 0. The largest absolute Gasteiger partial charge is 0.274 e. The van der Waals surface area contributed by atoms with Gasteiger partial charge in [0, 0.05) is 29.0 Å². The molecule has 1 aromatic carbocycles. The van der Waals surface area contributed by atoms with Crippen LogP contribution in [0, 0.1) is 27.3 Å². The summed E-state index contributed by atoms with van der Waals surface area (Å²) in [5.74, 6) is 0. The van der Waals surface area contributed by atoms with Crippen molar-refractivity contribution in [3.63, 3.8) is 0 Å². The van der Waals surface area contributed by atoms with Crippen LogP contribution in [0.1, 0.15) is 5.56 Å². The van der Waals surface area contributed by atoms with Crippen molar-refractivity contribution in [2.24, 2.45) is 0 Å². The molecule has 2 rings (SSSR count). The van der Waals surface area contributed by atoms with Gasteiger partial charge in [0.2, 0.25) is 6.20 Å². The highest BCUT2D eigenvalue weighted by Gasteiger charge is 2.15. The minimum atomic E-state index is -4.94. The van der Waals surface area contributed by atoms with Crippen LogP contribution in [-0.4, -0.2) is 12.0 Å². The topological polar surface area (TPSA) is 148 Å². The summed E-state index contributed by atoms with van der Waals surface area (Å²) in [6.07, 6.45) is 1.78. The number of benzene rings is 1. The van der Waals surface area contributed by atoms with E-state index in [9.17, 15) is 10.1 Å². The maximum atomic E-state index is 10.7. The van der Waals surface area contributed by atoms with E-state index in [-0.39, 0.29) is 5.69 Å². The maximum Gasteiger partial charge on any atom is 0.270 e. The Morgan fingerprint density at radius 2 is 1.76 bits per heavy atom. The van der Waals surface area contributed by atoms with Gasteiger partial charge in [-0.15, -0.1) is 10.2 Å². The molecule has 0 saturated heterocycles. The standard InChI is InChI=1S/C11H11N2O3.ClHO4/c1-8-5-6-12(16-2)11-4-3-9(13(14)15)7-10(8)11;2-1(3,4)5/h3-7H,1-2H3;(H,2,3,4,5)/q+1;/p-1. The number of nitro benzene ring substituents is 1. The monoisotopic (exact) mass is 318 g/mol. The number of hydrogen-bond acceptors (Lipinski definition) is 7. The summed E-state index contributed by atoms with van der Waals surface area (Å²) in [6.45, 7) is 1.91. The van der Waals surface area contributed by atoms with Crippen molar-refractivity contribution in [2.75, 3.05) is 7.11 Å². The predicted molar refractivity (Wildman–Crippen MR) is 58.0 cm³/mol. The second-order valence-electron chi connectivity index (χ2n) is 3.84. The molecule has 0 unspecified atom stereocenters. The third-order valence-corrected chi connectivity index (χ3v) is 2.51. The zero-order valence-electron chi connectivity index (χ0n) is 11.0. The first kappa shape index (κ1) is 17.0. The third-order valence-electron chi connectivity index (χ3n) is 2.51. The fourth-order valence-corrected chi connectivity index (χ4v) is 1.65. The highest BCUT2D eigenvalue weighted by atomic mass is 35.7. The Morgan fingerprint density at radius 1 is 1.19 bits per heavy atom. The van der Waals surface area contributed by atoms with Gasteiger partial charge in [-0.2, -0.15) is 0 Å². The van der Waals surface area contributed by atoms with Gasteiger partial charge in [0.15, 0.2) is 0 Å². The minimum absolute atomic E-state index is 0.0875. The number of fused-ring (bicyclic) bond motifs is 1. The third kappa shape index (κ3) is 5.10. The first-order valence-corrected chi connectivity index (χ1v) is 6.62. The van der Waals surface area contributed by atoms with Crippen LogP contribution in [0.15, 0.2) is 30.5 Å². The molecule has 21 heavy (non-hydrogen) atoms. The highest BCUT2D eigenvalue weighted by molar-refractivity contribution is 5.81. The van der Waals surface area contributed by atoms with Gasteiger partial charge in [-0.3, -0.25) is 15.0 Å². The first-order valence-electron chi connectivity index (χ1n) is 5.39. The zero-order chi connectivity index (χ0) is 16.2. The lowest BCUT2D eigenvalue weighted by Gasteiger charge is -2.17. The molecule has 1 heterocycles. The second-order valence-corrected chi connectivity index (χ2v) is 4.60. The van der Waals surface area contributed by atoms with Crippen LogP contribution in [0.25, 0.3) is 10.9 Å². The SMILES string of the molecule is CO[n+]1ccc(C)c2cc([N+](=O)[O-])ccc21.[O-][Cl+3]([O-])([O-])[O-]. The number of aromatic nitrogens is 1. The number of nitro groups is 1. The summed E-state index contributed by atoms with van der Waals surface area (Å²) < 4.78 is 35.5. The molecule has 10 heteroatoms. The minimum Gasteiger partial charge on any atom is -0.274 e. The lowest BCUT2D eigenvalue weighted by Crippen LogP contribution is -2.68. The fraction of sp³-hybridized carbons (Fsp3) is 0.182. The lowest BCUT2D eigenvalue weighted by atomic mass is 10.1. The van der Waals surface area contributed by atoms with Crippen LogP contribution in [0.2, 0.25) is 0 Å². The maximum absolute atomic E-state index is 10.7. The van der Waals surface area contributed by atoms with E-state index in [2.05, 4.69) is 0 Å². The van der Waals surface area contributed by atoms with Crippen molar-refractivity contribution in [3.05, 3.63) is 46.1 Å². The molecule has 0 atom stereocenters. The van der Waals surface area contributed by atoms with Gasteiger partial charge < -0.3 is 0 Å². The van der Waals surface area contributed by atoms with Gasteiger partial charge in [0.1, 0.15) is 7.11 Å². The van der Waals surface area contributed by atoms with Crippen LogP contribution >= 0.6 is 0 Å². The van der Waals surface area contributed by atoms with E-state index in [1.54, 1.807) is 30.2 Å². The van der Waals surface area contributed by atoms with Crippen molar-refractivity contribution in [1.29, 1.82) is 0 Å². The zero-order valence-corrected chi connectivity index (χ0v) is 11.8. The van der Waals surface area contributed by atoms with Gasteiger partial charge in [0.25, 0.3) is 11.2 Å². The van der Waals surface area contributed by atoms with Crippen molar-refractivity contribution >= 4 is 16.6 Å². The quantitative estimate of drug-likeness (QED) is 0.319. The molecule has 0 aliphatic carbocycles. The number of pyridine rings is 1. The molecule has 0 spiro atoms. The van der Waals surface area contributed by atoms with Gasteiger partial charge in [0.05, 0.1) is 10.3 Å². The second kappa shape index (κ2) is 6.61. The molecule has 0 saturated carbocycles. The Balaban J connectivity index is 0.000000383. The van der Waals surface area contributed by atoms with E-state index in [0.29, 0.717) is 0 Å². The number of halogens is 1. The van der Waals surface area contributed by atoms with Gasteiger partial charge in [-0.05, 0) is 12.5 Å². The summed E-state index contributed by atoms with van der Waals surface area (Å²) >= 11 is 0. The Hall–Kier alpha value is -2.04. The summed E-state index contributed by atoms with van der Waals surface area (Å²) in [4.78, 5) is 15.4. The molecule has 0 aliphatic rings. The van der Waals surface area contributed by atoms with Crippen molar-refractivity contribution in [2.45, 2.75) is 6.92 Å². The average Bonchev–Trinajstić information content (AvgIpc) is 2.37. The van der Waals surface area contributed by atoms with E-state index in [1.165, 1.54) is 6.07 Å². The molecule has 1 aromatic heterocycles. The molecule has 2 aromatic rings. The van der Waals surface area contributed by atoms with Crippen LogP contribution in [0.4, 0.5) is 5.69 Å². The molecule has 9 nitrogen and oxygen atoms in total. The molecule has 0 radical (unpaired) electrons. The summed E-state index contributed by atoms with van der Waals surface area (Å²) in [5, 5.41) is 11.5. The first-order chi connectivity index (χ1) is 9.63. The van der Waals surface area contributed by atoms with Crippen LogP contribution in [0.3, 0.4) is 0 Å². The molecule has 0 aliphatic heterocycles. The Bertz CT molecular complexity index is 651. The van der Waals surface area contributed by atoms with Crippen molar-refractivity contribution in [3.8, 4) is 0 Å². The van der Waals surface area contributed by atoms with Crippen molar-refractivity contribution in [1.82, 2.24) is 0 Å². The van der Waals surface area contributed by atoms with Crippen molar-refractivity contribution < 1.29 is 43.4 Å². The molecule has 0 fully saturated rings. The van der Waals surface area contributed by atoms with Crippen LogP contribution < -0.4 is 28.2 Å². The van der Waals surface area contributed by atoms with Gasteiger partial charge in [-0.25, -0.2) is 18.6 Å². The fourth-order valence-electron chi connectivity index (χ4n) is 1.65. The summed E-state index contributed by atoms with van der Waals surface area (Å²) in [6, 6.07) is 6.57. The van der Waals surface area contributed by atoms with Gasteiger partial charge in [-0.1, -0.05) is 0 Å². The Kier molecular flexibility index (Phi) is 5.35.